The highest BCUT2D eigenvalue weighted by Gasteiger charge is 2.12. The summed E-state index contributed by atoms with van der Waals surface area (Å²) in [6, 6.07) is 1.75. The number of rotatable bonds is 2. The van der Waals surface area contributed by atoms with Gasteiger partial charge in [-0.05, 0) is 6.07 Å². The highest BCUT2D eigenvalue weighted by Crippen LogP contribution is 2.14. The molecule has 4 nitrogen and oxygen atoms in total. The second kappa shape index (κ2) is 4.97. The molecule has 2 heterocycles. The average molecular weight is 217 g/mol. The van der Waals surface area contributed by atoms with Gasteiger partial charge in [0.2, 0.25) is 0 Å². The SMILES string of the molecule is C#Cc1cc(N)c(CN2CCOCC2)cn1. The van der Waals surface area contributed by atoms with E-state index in [4.69, 9.17) is 16.9 Å². The number of morpholine rings is 1. The van der Waals surface area contributed by atoms with E-state index in [1.807, 2.05) is 0 Å². The van der Waals surface area contributed by atoms with E-state index < -0.39 is 0 Å². The van der Waals surface area contributed by atoms with Gasteiger partial charge >= 0.3 is 0 Å². The van der Waals surface area contributed by atoms with Crippen LogP contribution in [-0.2, 0) is 11.3 Å². The second-order valence-corrected chi connectivity index (χ2v) is 3.80. The lowest BCUT2D eigenvalue weighted by molar-refractivity contribution is 0.0342. The van der Waals surface area contributed by atoms with Gasteiger partial charge in [0, 0.05) is 37.1 Å². The molecule has 1 aliphatic heterocycles. The number of nitrogens with two attached hydrogens (primary N) is 1. The third-order valence-corrected chi connectivity index (χ3v) is 2.67. The Bertz CT molecular complexity index is 405. The monoisotopic (exact) mass is 217 g/mol. The van der Waals surface area contributed by atoms with E-state index in [1.165, 1.54) is 0 Å². The average Bonchev–Trinajstić information content (AvgIpc) is 2.33. The van der Waals surface area contributed by atoms with E-state index in [2.05, 4.69) is 15.8 Å². The number of pyridine rings is 1. The lowest BCUT2D eigenvalue weighted by Crippen LogP contribution is -2.35. The zero-order valence-electron chi connectivity index (χ0n) is 9.15. The first-order valence-corrected chi connectivity index (χ1v) is 5.30. The third kappa shape index (κ3) is 2.51. The van der Waals surface area contributed by atoms with Gasteiger partial charge in [-0.1, -0.05) is 5.92 Å². The fraction of sp³-hybridized carbons (Fsp3) is 0.417. The number of nitrogen functional groups attached to an aromatic ring is 1. The van der Waals surface area contributed by atoms with Gasteiger partial charge < -0.3 is 10.5 Å². The molecule has 1 aromatic rings. The Balaban J connectivity index is 2.06. The minimum absolute atomic E-state index is 0.586. The van der Waals surface area contributed by atoms with Gasteiger partial charge in [-0.15, -0.1) is 6.42 Å². The molecule has 0 amide bonds. The van der Waals surface area contributed by atoms with Crippen LogP contribution in [-0.4, -0.2) is 36.2 Å². The Morgan fingerprint density at radius 3 is 2.88 bits per heavy atom. The standard InChI is InChI=1S/C12H15N3O/c1-2-11-7-12(13)10(8-14-11)9-15-3-5-16-6-4-15/h1,7-8H,3-6,9H2,(H2,13,14). The summed E-state index contributed by atoms with van der Waals surface area (Å²) in [5, 5.41) is 0. The molecular formula is C12H15N3O. The molecule has 0 saturated carbocycles. The second-order valence-electron chi connectivity index (χ2n) is 3.80. The van der Waals surface area contributed by atoms with Crippen LogP contribution in [0.3, 0.4) is 0 Å². The molecule has 16 heavy (non-hydrogen) atoms. The van der Waals surface area contributed by atoms with Crippen LogP contribution in [0.25, 0.3) is 0 Å². The number of ether oxygens (including phenoxy) is 1. The molecule has 0 unspecified atom stereocenters. The van der Waals surface area contributed by atoms with Gasteiger partial charge in [-0.25, -0.2) is 4.98 Å². The summed E-state index contributed by atoms with van der Waals surface area (Å²) in [4.78, 5) is 6.45. The zero-order chi connectivity index (χ0) is 11.4. The minimum Gasteiger partial charge on any atom is -0.398 e. The van der Waals surface area contributed by atoms with Crippen molar-refractivity contribution in [1.82, 2.24) is 9.88 Å². The molecule has 0 bridgehead atoms. The van der Waals surface area contributed by atoms with Crippen LogP contribution < -0.4 is 5.73 Å². The molecule has 2 rings (SSSR count). The van der Waals surface area contributed by atoms with Crippen molar-refractivity contribution in [3.05, 3.63) is 23.5 Å². The third-order valence-electron chi connectivity index (χ3n) is 2.67. The van der Waals surface area contributed by atoms with Gasteiger partial charge in [-0.3, -0.25) is 4.90 Å². The number of anilines is 1. The van der Waals surface area contributed by atoms with Crippen molar-refractivity contribution in [3.8, 4) is 12.3 Å². The van der Waals surface area contributed by atoms with Crippen molar-refractivity contribution in [1.29, 1.82) is 0 Å². The molecule has 1 fully saturated rings. The summed E-state index contributed by atoms with van der Waals surface area (Å²) in [6.07, 6.45) is 7.02. The molecule has 84 valence electrons. The van der Waals surface area contributed by atoms with Crippen molar-refractivity contribution in [2.45, 2.75) is 6.54 Å². The van der Waals surface area contributed by atoms with Crippen LogP contribution in [0.5, 0.6) is 0 Å². The lowest BCUT2D eigenvalue weighted by Gasteiger charge is -2.26. The van der Waals surface area contributed by atoms with Gasteiger partial charge in [0.1, 0.15) is 5.69 Å². The Labute approximate surface area is 95.4 Å². The van der Waals surface area contributed by atoms with Gasteiger partial charge in [0.25, 0.3) is 0 Å². The Hall–Kier alpha value is -1.57. The quantitative estimate of drug-likeness (QED) is 0.732. The van der Waals surface area contributed by atoms with Gasteiger partial charge in [-0.2, -0.15) is 0 Å². The molecule has 4 heteroatoms. The first kappa shape index (κ1) is 10.9. The predicted octanol–water partition coefficient (Wildman–Crippen LogP) is 0.477. The van der Waals surface area contributed by atoms with E-state index in [1.54, 1.807) is 12.3 Å². The maximum absolute atomic E-state index is 5.92. The van der Waals surface area contributed by atoms with Crippen LogP contribution in [0.4, 0.5) is 5.69 Å². The van der Waals surface area contributed by atoms with E-state index in [-0.39, 0.29) is 0 Å². The first-order valence-electron chi connectivity index (χ1n) is 5.30. The molecule has 1 aliphatic rings. The number of hydrogen-bond acceptors (Lipinski definition) is 4. The van der Waals surface area contributed by atoms with Crippen molar-refractivity contribution < 1.29 is 4.74 Å². The fourth-order valence-electron chi connectivity index (χ4n) is 1.71. The summed E-state index contributed by atoms with van der Waals surface area (Å²) in [7, 11) is 0. The normalized spacial score (nSPS) is 16.9. The molecule has 0 aromatic carbocycles. The Morgan fingerprint density at radius 1 is 1.50 bits per heavy atom. The highest BCUT2D eigenvalue weighted by molar-refractivity contribution is 5.49. The highest BCUT2D eigenvalue weighted by atomic mass is 16.5. The summed E-state index contributed by atoms with van der Waals surface area (Å²) in [6.45, 7) is 4.27. The maximum atomic E-state index is 5.92. The summed E-state index contributed by atoms with van der Waals surface area (Å²) in [5.41, 5.74) is 8.25. The first-order chi connectivity index (χ1) is 7.79. The molecule has 1 aromatic heterocycles. The summed E-state index contributed by atoms with van der Waals surface area (Å²) in [5.74, 6) is 2.47. The van der Waals surface area contributed by atoms with Crippen LogP contribution >= 0.6 is 0 Å². The number of terminal acetylenes is 1. The number of hydrogen-bond donors (Lipinski definition) is 1. The summed E-state index contributed by atoms with van der Waals surface area (Å²) >= 11 is 0. The molecule has 0 aliphatic carbocycles. The van der Waals surface area contributed by atoms with Crippen molar-refractivity contribution >= 4 is 5.69 Å². The van der Waals surface area contributed by atoms with E-state index in [0.29, 0.717) is 5.69 Å². The lowest BCUT2D eigenvalue weighted by atomic mass is 10.2. The van der Waals surface area contributed by atoms with Crippen LogP contribution in [0.15, 0.2) is 12.3 Å². The Kier molecular flexibility index (Phi) is 3.40. The van der Waals surface area contributed by atoms with E-state index >= 15 is 0 Å². The van der Waals surface area contributed by atoms with Gasteiger partial charge in [0.05, 0.1) is 13.2 Å². The topological polar surface area (TPSA) is 51.4 Å². The van der Waals surface area contributed by atoms with Crippen molar-refractivity contribution in [2.75, 3.05) is 32.0 Å². The number of nitrogens with zero attached hydrogens (tertiary/aromatic N) is 2. The van der Waals surface area contributed by atoms with Crippen LogP contribution in [0.1, 0.15) is 11.3 Å². The largest absolute Gasteiger partial charge is 0.398 e. The van der Waals surface area contributed by atoms with Crippen LogP contribution in [0, 0.1) is 12.3 Å². The fourth-order valence-corrected chi connectivity index (χ4v) is 1.71. The van der Waals surface area contributed by atoms with Gasteiger partial charge in [0.15, 0.2) is 0 Å². The molecular weight excluding hydrogens is 202 g/mol. The maximum Gasteiger partial charge on any atom is 0.114 e. The van der Waals surface area contributed by atoms with Crippen molar-refractivity contribution in [3.63, 3.8) is 0 Å². The predicted molar refractivity (Wildman–Crippen MR) is 62.7 cm³/mol. The zero-order valence-corrected chi connectivity index (χ0v) is 9.15. The number of aromatic nitrogens is 1. The van der Waals surface area contributed by atoms with E-state index in [0.717, 1.165) is 44.1 Å². The summed E-state index contributed by atoms with van der Waals surface area (Å²) < 4.78 is 5.29. The molecule has 0 spiro atoms. The Morgan fingerprint density at radius 2 is 2.25 bits per heavy atom. The van der Waals surface area contributed by atoms with Crippen molar-refractivity contribution in [2.24, 2.45) is 0 Å². The molecule has 0 radical (unpaired) electrons. The molecule has 1 saturated heterocycles. The minimum atomic E-state index is 0.586. The smallest absolute Gasteiger partial charge is 0.114 e. The molecule has 0 atom stereocenters. The molecule has 2 N–H and O–H groups in total. The van der Waals surface area contributed by atoms with Crippen LogP contribution in [0.2, 0.25) is 0 Å². The van der Waals surface area contributed by atoms with E-state index in [9.17, 15) is 0 Å².